The lowest BCUT2D eigenvalue weighted by Gasteiger charge is -2.75. The Bertz CT molecular complexity index is 1080. The summed E-state index contributed by atoms with van der Waals surface area (Å²) in [5.74, 6) is 2.15. The summed E-state index contributed by atoms with van der Waals surface area (Å²) < 4.78 is 22.2. The summed E-state index contributed by atoms with van der Waals surface area (Å²) in [7, 11) is 1.89. The molecule has 7 aliphatic rings. The second-order valence-electron chi connectivity index (χ2n) is 12.7. The van der Waals surface area contributed by atoms with Gasteiger partial charge in [0.2, 0.25) is 0 Å². The Labute approximate surface area is 222 Å². The number of nitrogens with zero attached hydrogens (tertiary/aromatic N) is 1. The van der Waals surface area contributed by atoms with Gasteiger partial charge in [0, 0.05) is 42.0 Å². The minimum atomic E-state index is -0.428. The van der Waals surface area contributed by atoms with Crippen molar-refractivity contribution in [2.24, 2.45) is 17.3 Å². The highest BCUT2D eigenvalue weighted by molar-refractivity contribution is 14.1. The monoisotopic (exact) mass is 591 g/mol. The molecule has 4 bridgehead atoms. The molecule has 190 valence electrons. The van der Waals surface area contributed by atoms with Crippen molar-refractivity contribution in [3.05, 3.63) is 33.4 Å². The summed E-state index contributed by atoms with van der Waals surface area (Å²) in [6, 6.07) is 4.57. The fraction of sp³-hybridized carbons (Fsp3) is 0.724. The van der Waals surface area contributed by atoms with Crippen LogP contribution in [0.3, 0.4) is 0 Å². The zero-order chi connectivity index (χ0) is 24.2. The molecule has 1 saturated heterocycles. The van der Waals surface area contributed by atoms with Crippen LogP contribution in [0.2, 0.25) is 0 Å². The van der Waals surface area contributed by atoms with Gasteiger partial charge in [-0.3, -0.25) is 4.90 Å². The van der Waals surface area contributed by atoms with Crippen LogP contribution in [0.5, 0.6) is 11.5 Å². The highest BCUT2D eigenvalue weighted by Crippen LogP contribution is 2.77. The molecule has 5 aliphatic carbocycles. The van der Waals surface area contributed by atoms with Crippen LogP contribution >= 0.6 is 22.6 Å². The minimum absolute atomic E-state index is 0.0802. The third-order valence-electron chi connectivity index (χ3n) is 11.1. The molecule has 0 amide bonds. The van der Waals surface area contributed by atoms with Crippen molar-refractivity contribution in [2.45, 2.75) is 87.6 Å². The van der Waals surface area contributed by atoms with Gasteiger partial charge in [-0.1, -0.05) is 34.7 Å². The molecule has 5 nitrogen and oxygen atoms in total. The number of likely N-dealkylation sites (tertiary alicyclic amines) is 1. The first-order valence-electron chi connectivity index (χ1n) is 13.5. The third kappa shape index (κ3) is 2.81. The molecule has 1 aromatic rings. The number of ether oxygens (including phenoxy) is 3. The Morgan fingerprint density at radius 2 is 2.09 bits per heavy atom. The lowest BCUT2D eigenvalue weighted by Crippen LogP contribution is -2.82. The van der Waals surface area contributed by atoms with Gasteiger partial charge in [0.25, 0.3) is 0 Å². The predicted octanol–water partition coefficient (Wildman–Crippen LogP) is 5.36. The maximum atomic E-state index is 11.0. The van der Waals surface area contributed by atoms with Crippen LogP contribution in [-0.4, -0.2) is 60.2 Å². The number of fused-ring (bicyclic) bond motifs is 2. The topological polar surface area (TPSA) is 51.2 Å². The Morgan fingerprint density at radius 1 is 1.26 bits per heavy atom. The van der Waals surface area contributed by atoms with Gasteiger partial charge >= 0.3 is 0 Å². The molecule has 6 heteroatoms. The second-order valence-corrected chi connectivity index (χ2v) is 13.4. The van der Waals surface area contributed by atoms with Gasteiger partial charge in [0.05, 0.1) is 12.2 Å². The molecule has 2 aliphatic heterocycles. The van der Waals surface area contributed by atoms with E-state index < -0.39 is 5.60 Å². The quantitative estimate of drug-likeness (QED) is 0.433. The fourth-order valence-corrected chi connectivity index (χ4v) is 9.82. The highest BCUT2D eigenvalue weighted by atomic mass is 127. The van der Waals surface area contributed by atoms with E-state index in [0.29, 0.717) is 18.4 Å². The molecule has 4 saturated carbocycles. The maximum absolute atomic E-state index is 11.0. The largest absolute Gasteiger partial charge is 0.504 e. The van der Waals surface area contributed by atoms with Crippen LogP contribution in [0.1, 0.15) is 63.5 Å². The molecule has 35 heavy (non-hydrogen) atoms. The van der Waals surface area contributed by atoms with Gasteiger partial charge in [0.1, 0.15) is 11.7 Å². The van der Waals surface area contributed by atoms with Crippen LogP contribution in [0.15, 0.2) is 22.3 Å². The molecule has 2 spiro atoms. The Morgan fingerprint density at radius 3 is 2.83 bits per heavy atom. The van der Waals surface area contributed by atoms with E-state index in [9.17, 15) is 5.11 Å². The molecule has 1 N–H and O–H groups in total. The molecule has 1 aromatic carbocycles. The number of rotatable bonds is 7. The number of halogens is 1. The van der Waals surface area contributed by atoms with Gasteiger partial charge in [-0.05, 0) is 87.0 Å². The van der Waals surface area contributed by atoms with Crippen molar-refractivity contribution in [3.63, 3.8) is 0 Å². The Balaban J connectivity index is 1.41. The number of aromatic hydroxyl groups is 1. The van der Waals surface area contributed by atoms with Crippen molar-refractivity contribution in [1.82, 2.24) is 4.90 Å². The van der Waals surface area contributed by atoms with Crippen molar-refractivity contribution >= 4 is 22.6 Å². The van der Waals surface area contributed by atoms with Gasteiger partial charge in [-0.25, -0.2) is 0 Å². The molecule has 8 rings (SSSR count). The normalized spacial score (nSPS) is 41.3. The van der Waals surface area contributed by atoms with Crippen molar-refractivity contribution in [1.29, 1.82) is 0 Å². The molecule has 0 radical (unpaired) electrons. The first-order valence-corrected chi connectivity index (χ1v) is 14.8. The maximum Gasteiger partial charge on any atom is 0.165 e. The zero-order valence-electron chi connectivity index (χ0n) is 21.2. The SMILES string of the molecule is CO[C@@]12CC[C@@]3(C[C@@H]1C(C)(C)OC/C=C/I)[C@H]1Cc4ccc(O)c5c4[C@@]3(CCN1CC1CC1)[C@H]2O5. The number of hydrogen-bond acceptors (Lipinski definition) is 5. The highest BCUT2D eigenvalue weighted by Gasteiger charge is 2.81. The molecule has 0 aromatic heterocycles. The van der Waals surface area contributed by atoms with Gasteiger partial charge in [-0.2, -0.15) is 0 Å². The van der Waals surface area contributed by atoms with Crippen LogP contribution in [0.25, 0.3) is 0 Å². The van der Waals surface area contributed by atoms with E-state index in [-0.39, 0.29) is 28.5 Å². The van der Waals surface area contributed by atoms with Gasteiger partial charge in [0.15, 0.2) is 11.5 Å². The average molecular weight is 592 g/mol. The molecule has 6 atom stereocenters. The van der Waals surface area contributed by atoms with E-state index in [0.717, 1.165) is 43.9 Å². The van der Waals surface area contributed by atoms with Crippen LogP contribution in [0.4, 0.5) is 0 Å². The zero-order valence-corrected chi connectivity index (χ0v) is 23.3. The van der Waals surface area contributed by atoms with Crippen molar-refractivity contribution < 1.29 is 19.3 Å². The standard InChI is InChI=1S/C29H38INO4/c1-26(2,34-14-4-12-30)21-16-27-9-10-29(21,33-3)25-28(27)11-13-31(17-18-5-6-18)22(27)15-19-7-8-20(32)24(35-25)23(19)28/h4,7-8,12,18,21-22,25,32H,5-6,9-11,13-17H2,1-3H3/b12-4+/t21-,22-,25-,27-,28+,29+/m1/s1. The average Bonchev–Trinajstić information content (AvgIpc) is 3.59. The van der Waals surface area contributed by atoms with E-state index >= 15 is 0 Å². The summed E-state index contributed by atoms with van der Waals surface area (Å²) in [6.45, 7) is 7.50. The molecule has 2 heterocycles. The van der Waals surface area contributed by atoms with Gasteiger partial charge in [-0.15, -0.1) is 0 Å². The number of piperidine rings is 1. The van der Waals surface area contributed by atoms with Crippen molar-refractivity contribution in [2.75, 3.05) is 26.8 Å². The lowest BCUT2D eigenvalue weighted by atomic mass is 9.34. The third-order valence-corrected chi connectivity index (χ3v) is 11.6. The van der Waals surface area contributed by atoms with Crippen LogP contribution in [0, 0.1) is 17.3 Å². The van der Waals surface area contributed by atoms with Gasteiger partial charge < -0.3 is 19.3 Å². The fourth-order valence-electron chi connectivity index (χ4n) is 9.62. The lowest BCUT2D eigenvalue weighted by molar-refractivity contribution is -0.304. The number of methoxy groups -OCH3 is 1. The van der Waals surface area contributed by atoms with E-state index in [4.69, 9.17) is 14.2 Å². The van der Waals surface area contributed by atoms with Crippen LogP contribution in [-0.2, 0) is 21.3 Å². The Hall–Kier alpha value is -0.830. The van der Waals surface area contributed by atoms with E-state index in [1.165, 1.54) is 36.9 Å². The minimum Gasteiger partial charge on any atom is -0.504 e. The number of phenolic OH excluding ortho intramolecular Hbond substituents is 1. The number of hydrogen-bond donors (Lipinski definition) is 1. The summed E-state index contributed by atoms with van der Waals surface area (Å²) in [4.78, 5) is 2.86. The van der Waals surface area contributed by atoms with Crippen LogP contribution < -0.4 is 4.74 Å². The van der Waals surface area contributed by atoms with Crippen molar-refractivity contribution in [3.8, 4) is 11.5 Å². The first-order chi connectivity index (χ1) is 16.8. The summed E-state index contributed by atoms with van der Waals surface area (Å²) >= 11 is 2.26. The predicted molar refractivity (Wildman–Crippen MR) is 143 cm³/mol. The molecule has 0 unspecified atom stereocenters. The number of phenols is 1. The van der Waals surface area contributed by atoms with E-state index in [1.54, 1.807) is 0 Å². The van der Waals surface area contributed by atoms with E-state index in [2.05, 4.69) is 53.5 Å². The molecule has 5 fully saturated rings. The molecular weight excluding hydrogens is 553 g/mol. The summed E-state index contributed by atoms with van der Waals surface area (Å²) in [6.07, 6.45) is 10.2. The summed E-state index contributed by atoms with van der Waals surface area (Å²) in [5, 5.41) is 11.0. The first kappa shape index (κ1) is 23.3. The van der Waals surface area contributed by atoms with E-state index in [1.807, 2.05) is 17.3 Å². The number of benzene rings is 1. The molecular formula is C29H38INO4. The smallest absolute Gasteiger partial charge is 0.165 e. The summed E-state index contributed by atoms with van der Waals surface area (Å²) in [5.41, 5.74) is 1.99. The second kappa shape index (κ2) is 7.61. The Kier molecular flexibility index (Phi) is 5.06.